The van der Waals surface area contributed by atoms with Crippen LogP contribution in [0.25, 0.3) is 0 Å². The highest BCUT2D eigenvalue weighted by Gasteiger charge is 2.28. The Bertz CT molecular complexity index is 857. The van der Waals surface area contributed by atoms with Crippen molar-refractivity contribution in [3.05, 3.63) is 120 Å². The number of Topliss-reactive ketones (excluding diaryl/α,β-unsaturated/α-hetero) is 1. The molecule has 0 unspecified atom stereocenters. The first-order valence-corrected chi connectivity index (χ1v) is 9.69. The zero-order valence-electron chi connectivity index (χ0n) is 16.0. The summed E-state index contributed by atoms with van der Waals surface area (Å²) in [7, 11) is 0. The van der Waals surface area contributed by atoms with Crippen LogP contribution < -0.4 is 0 Å². The molecule has 0 saturated heterocycles. The molecule has 28 heavy (non-hydrogen) atoms. The number of carbonyl (C=O) groups excluding carboxylic acids is 1. The predicted molar refractivity (Wildman–Crippen MR) is 114 cm³/mol. The lowest BCUT2D eigenvalue weighted by Crippen LogP contribution is -2.32. The third-order valence-electron chi connectivity index (χ3n) is 4.89. The maximum Gasteiger partial charge on any atom is 0.192 e. The number of aryl methyl sites for hydroxylation is 1. The van der Waals surface area contributed by atoms with Gasteiger partial charge in [-0.3, -0.25) is 4.79 Å². The number of rotatable bonds is 10. The zero-order chi connectivity index (χ0) is 19.6. The van der Waals surface area contributed by atoms with Crippen LogP contribution in [0.4, 0.5) is 0 Å². The molecule has 2 nitrogen and oxygen atoms in total. The van der Waals surface area contributed by atoms with E-state index in [0.717, 1.165) is 18.4 Å². The van der Waals surface area contributed by atoms with Gasteiger partial charge in [-0.2, -0.15) is 0 Å². The number of carbonyl (C=O) groups is 1. The van der Waals surface area contributed by atoms with E-state index in [1.807, 2.05) is 84.9 Å². The summed E-state index contributed by atoms with van der Waals surface area (Å²) in [5.41, 5.74) is 2.98. The standard InChI is InChI=1S/C26H26O2/c1-2-23(19-18-21-12-6-3-7-13-21)26(25(27)24-16-10-5-11-17-24)28-20-22-14-8-4-9-15-22/h2-17,23,26H,1,18-20H2/t23-,26+/m1/s1. The van der Waals surface area contributed by atoms with Crippen molar-refractivity contribution in [2.45, 2.75) is 25.6 Å². The number of benzene rings is 3. The summed E-state index contributed by atoms with van der Waals surface area (Å²) in [4.78, 5) is 13.2. The minimum atomic E-state index is -0.552. The van der Waals surface area contributed by atoms with Crippen LogP contribution in [0, 0.1) is 5.92 Å². The lowest BCUT2D eigenvalue weighted by Gasteiger charge is -2.24. The second-order valence-corrected chi connectivity index (χ2v) is 6.87. The van der Waals surface area contributed by atoms with Crippen LogP contribution in [0.3, 0.4) is 0 Å². The van der Waals surface area contributed by atoms with Gasteiger partial charge in [0, 0.05) is 11.5 Å². The fraction of sp³-hybridized carbons (Fsp3) is 0.192. The Morgan fingerprint density at radius 2 is 1.36 bits per heavy atom. The van der Waals surface area contributed by atoms with Gasteiger partial charge in [0.25, 0.3) is 0 Å². The summed E-state index contributed by atoms with van der Waals surface area (Å²) in [6.45, 7) is 4.40. The Hall–Kier alpha value is -2.97. The molecule has 142 valence electrons. The molecular weight excluding hydrogens is 344 g/mol. The van der Waals surface area contributed by atoms with Gasteiger partial charge in [-0.25, -0.2) is 0 Å². The van der Waals surface area contributed by atoms with E-state index in [1.165, 1.54) is 5.56 Å². The van der Waals surface area contributed by atoms with Crippen molar-refractivity contribution < 1.29 is 9.53 Å². The summed E-state index contributed by atoms with van der Waals surface area (Å²) in [5.74, 6) is -0.0499. The molecule has 2 atom stereocenters. The fourth-order valence-electron chi connectivity index (χ4n) is 3.29. The van der Waals surface area contributed by atoms with E-state index in [4.69, 9.17) is 4.74 Å². The second kappa shape index (κ2) is 10.4. The Kier molecular flexibility index (Phi) is 7.34. The molecule has 0 bridgehead atoms. The first-order valence-electron chi connectivity index (χ1n) is 9.69. The first-order chi connectivity index (χ1) is 13.8. The monoisotopic (exact) mass is 370 g/mol. The van der Waals surface area contributed by atoms with Gasteiger partial charge in [0.05, 0.1) is 6.61 Å². The van der Waals surface area contributed by atoms with E-state index in [9.17, 15) is 4.79 Å². The van der Waals surface area contributed by atoms with Crippen molar-refractivity contribution >= 4 is 5.78 Å². The van der Waals surface area contributed by atoms with Gasteiger partial charge in [0.1, 0.15) is 6.10 Å². The molecule has 0 spiro atoms. The van der Waals surface area contributed by atoms with Crippen molar-refractivity contribution in [1.29, 1.82) is 0 Å². The summed E-state index contributed by atoms with van der Waals surface area (Å²) < 4.78 is 6.17. The van der Waals surface area contributed by atoms with E-state index >= 15 is 0 Å². The van der Waals surface area contributed by atoms with Crippen LogP contribution in [-0.4, -0.2) is 11.9 Å². The largest absolute Gasteiger partial charge is 0.365 e. The van der Waals surface area contributed by atoms with Crippen LogP contribution in [0.1, 0.15) is 27.9 Å². The predicted octanol–water partition coefficient (Wildman–Crippen LogP) is 5.89. The van der Waals surface area contributed by atoms with Crippen LogP contribution in [0.2, 0.25) is 0 Å². The van der Waals surface area contributed by atoms with Gasteiger partial charge in [-0.15, -0.1) is 6.58 Å². The normalized spacial score (nSPS) is 12.9. The Morgan fingerprint density at radius 1 is 0.821 bits per heavy atom. The molecule has 0 N–H and O–H groups in total. The summed E-state index contributed by atoms with van der Waals surface area (Å²) in [5, 5.41) is 0. The van der Waals surface area contributed by atoms with Gasteiger partial charge in [-0.1, -0.05) is 97.1 Å². The van der Waals surface area contributed by atoms with Gasteiger partial charge in [0.15, 0.2) is 5.78 Å². The van der Waals surface area contributed by atoms with E-state index < -0.39 is 6.10 Å². The number of ether oxygens (including phenoxy) is 1. The molecule has 0 radical (unpaired) electrons. The molecule has 0 saturated carbocycles. The molecular formula is C26H26O2. The lowest BCUT2D eigenvalue weighted by molar-refractivity contribution is 0.0155. The summed E-state index contributed by atoms with van der Waals surface area (Å²) in [6, 6.07) is 29.6. The van der Waals surface area contributed by atoms with Crippen molar-refractivity contribution in [2.24, 2.45) is 5.92 Å². The molecule has 3 aromatic rings. The molecule has 0 aromatic heterocycles. The number of ketones is 1. The maximum atomic E-state index is 13.2. The van der Waals surface area contributed by atoms with Crippen LogP contribution in [0.5, 0.6) is 0 Å². The smallest absolute Gasteiger partial charge is 0.192 e. The van der Waals surface area contributed by atoms with Crippen molar-refractivity contribution in [3.8, 4) is 0 Å². The van der Waals surface area contributed by atoms with Crippen molar-refractivity contribution in [3.63, 3.8) is 0 Å². The molecule has 0 aliphatic heterocycles. The number of hydrogen-bond acceptors (Lipinski definition) is 2. The van der Waals surface area contributed by atoms with Gasteiger partial charge < -0.3 is 4.74 Å². The fourth-order valence-corrected chi connectivity index (χ4v) is 3.29. The van der Waals surface area contributed by atoms with Gasteiger partial charge in [-0.05, 0) is 24.0 Å². The van der Waals surface area contributed by atoms with Crippen LogP contribution in [-0.2, 0) is 17.8 Å². The molecule has 0 amide bonds. The lowest BCUT2D eigenvalue weighted by atomic mass is 9.89. The van der Waals surface area contributed by atoms with Gasteiger partial charge >= 0.3 is 0 Å². The minimum absolute atomic E-state index is 0.00879. The topological polar surface area (TPSA) is 26.3 Å². The Balaban J connectivity index is 1.76. The maximum absolute atomic E-state index is 13.2. The minimum Gasteiger partial charge on any atom is -0.365 e. The molecule has 0 aliphatic carbocycles. The van der Waals surface area contributed by atoms with E-state index in [2.05, 4.69) is 18.7 Å². The molecule has 3 rings (SSSR count). The molecule has 0 heterocycles. The molecule has 0 fully saturated rings. The summed E-state index contributed by atoms with van der Waals surface area (Å²) >= 11 is 0. The molecule has 3 aromatic carbocycles. The quantitative estimate of drug-likeness (QED) is 0.328. The zero-order valence-corrected chi connectivity index (χ0v) is 16.0. The van der Waals surface area contributed by atoms with E-state index in [0.29, 0.717) is 12.2 Å². The highest BCUT2D eigenvalue weighted by atomic mass is 16.5. The Labute approximate surface area is 167 Å². The molecule has 2 heteroatoms. The first kappa shape index (κ1) is 19.8. The highest BCUT2D eigenvalue weighted by molar-refractivity contribution is 5.99. The Morgan fingerprint density at radius 3 is 1.93 bits per heavy atom. The van der Waals surface area contributed by atoms with Crippen LogP contribution >= 0.6 is 0 Å². The van der Waals surface area contributed by atoms with E-state index in [1.54, 1.807) is 0 Å². The van der Waals surface area contributed by atoms with Crippen molar-refractivity contribution in [1.82, 2.24) is 0 Å². The molecule has 0 aliphatic rings. The second-order valence-electron chi connectivity index (χ2n) is 6.87. The third kappa shape index (κ3) is 5.51. The van der Waals surface area contributed by atoms with E-state index in [-0.39, 0.29) is 11.7 Å². The van der Waals surface area contributed by atoms with Gasteiger partial charge in [0.2, 0.25) is 0 Å². The van der Waals surface area contributed by atoms with Crippen molar-refractivity contribution in [2.75, 3.05) is 0 Å². The van der Waals surface area contributed by atoms with Crippen LogP contribution in [0.15, 0.2) is 104 Å². The highest BCUT2D eigenvalue weighted by Crippen LogP contribution is 2.22. The summed E-state index contributed by atoms with van der Waals surface area (Å²) in [6.07, 6.45) is 3.00. The average molecular weight is 370 g/mol. The third-order valence-corrected chi connectivity index (χ3v) is 4.89. The SMILES string of the molecule is C=C[C@H](CCc1ccccc1)[C@H](OCc1ccccc1)C(=O)c1ccccc1. The average Bonchev–Trinajstić information content (AvgIpc) is 2.77. The number of hydrogen-bond donors (Lipinski definition) is 0.